The van der Waals surface area contributed by atoms with Crippen LogP contribution in [0.15, 0.2) is 17.5 Å². The fraction of sp³-hybridized carbons (Fsp3) is 0.692. The number of nitrogens with one attached hydrogen (secondary N) is 1. The molecule has 2 rings (SSSR count). The lowest BCUT2D eigenvalue weighted by molar-refractivity contribution is 0.217. The van der Waals surface area contributed by atoms with E-state index in [1.807, 2.05) is 11.3 Å². The van der Waals surface area contributed by atoms with Gasteiger partial charge in [-0.1, -0.05) is 12.5 Å². The van der Waals surface area contributed by atoms with E-state index in [4.69, 9.17) is 0 Å². The predicted molar refractivity (Wildman–Crippen MR) is 71.0 cm³/mol. The number of rotatable bonds is 4. The quantitative estimate of drug-likeness (QED) is 0.867. The maximum absolute atomic E-state index is 3.61. The van der Waals surface area contributed by atoms with Gasteiger partial charge in [-0.05, 0) is 44.8 Å². The van der Waals surface area contributed by atoms with Crippen molar-refractivity contribution in [2.24, 2.45) is 0 Å². The summed E-state index contributed by atoms with van der Waals surface area (Å²) in [7, 11) is 2.24. The molecule has 2 nitrogen and oxygen atoms in total. The van der Waals surface area contributed by atoms with Crippen molar-refractivity contribution in [3.8, 4) is 0 Å². The van der Waals surface area contributed by atoms with Gasteiger partial charge in [0.1, 0.15) is 0 Å². The lowest BCUT2D eigenvalue weighted by Crippen LogP contribution is -2.42. The maximum Gasteiger partial charge on any atom is 0.0410 e. The number of hydrogen-bond acceptors (Lipinski definition) is 3. The van der Waals surface area contributed by atoms with Crippen LogP contribution in [0, 0.1) is 0 Å². The molecule has 2 heterocycles. The molecule has 1 saturated heterocycles. The highest BCUT2D eigenvalue weighted by atomic mass is 32.1. The third kappa shape index (κ3) is 3.06. The summed E-state index contributed by atoms with van der Waals surface area (Å²) in [6.07, 6.45) is 4.07. The van der Waals surface area contributed by atoms with Crippen LogP contribution in [0.3, 0.4) is 0 Å². The van der Waals surface area contributed by atoms with Gasteiger partial charge in [-0.2, -0.15) is 0 Å². The Kier molecular flexibility index (Phi) is 4.38. The Morgan fingerprint density at radius 3 is 3.06 bits per heavy atom. The van der Waals surface area contributed by atoms with Gasteiger partial charge >= 0.3 is 0 Å². The van der Waals surface area contributed by atoms with Crippen LogP contribution < -0.4 is 5.32 Å². The molecule has 1 aromatic heterocycles. The number of hydrogen-bond donors (Lipinski definition) is 1. The summed E-state index contributed by atoms with van der Waals surface area (Å²) in [5.74, 6) is 0. The molecule has 16 heavy (non-hydrogen) atoms. The van der Waals surface area contributed by atoms with Crippen molar-refractivity contribution in [1.29, 1.82) is 0 Å². The van der Waals surface area contributed by atoms with Crippen LogP contribution in [0.2, 0.25) is 0 Å². The van der Waals surface area contributed by atoms with Crippen LogP contribution in [0.4, 0.5) is 0 Å². The van der Waals surface area contributed by atoms with Crippen LogP contribution in [-0.4, -0.2) is 31.1 Å². The van der Waals surface area contributed by atoms with Crippen LogP contribution in [0.5, 0.6) is 0 Å². The van der Waals surface area contributed by atoms with Crippen molar-refractivity contribution < 1.29 is 0 Å². The first kappa shape index (κ1) is 12.1. The Balaban J connectivity index is 1.84. The third-order valence-corrected chi connectivity index (χ3v) is 4.58. The van der Waals surface area contributed by atoms with Gasteiger partial charge in [-0.15, -0.1) is 11.3 Å². The van der Waals surface area contributed by atoms with E-state index in [0.717, 1.165) is 0 Å². The van der Waals surface area contributed by atoms with E-state index in [9.17, 15) is 0 Å². The molecule has 0 amide bonds. The van der Waals surface area contributed by atoms with E-state index in [-0.39, 0.29) is 0 Å². The molecule has 1 aromatic rings. The Hall–Kier alpha value is -0.380. The van der Waals surface area contributed by atoms with Crippen molar-refractivity contribution in [3.63, 3.8) is 0 Å². The highest BCUT2D eigenvalue weighted by Gasteiger charge is 2.18. The molecule has 0 bridgehead atoms. The minimum atomic E-state index is 0.545. The molecule has 0 aromatic carbocycles. The molecule has 0 saturated carbocycles. The van der Waals surface area contributed by atoms with Gasteiger partial charge in [0.05, 0.1) is 0 Å². The molecular formula is C13H22N2S. The topological polar surface area (TPSA) is 15.3 Å². The molecule has 1 aliphatic rings. The van der Waals surface area contributed by atoms with Crippen LogP contribution in [-0.2, 0) is 0 Å². The van der Waals surface area contributed by atoms with E-state index in [1.54, 1.807) is 0 Å². The van der Waals surface area contributed by atoms with Gasteiger partial charge in [0.25, 0.3) is 0 Å². The highest BCUT2D eigenvalue weighted by molar-refractivity contribution is 7.10. The zero-order valence-corrected chi connectivity index (χ0v) is 11.1. The number of piperidine rings is 1. The summed E-state index contributed by atoms with van der Waals surface area (Å²) in [5.41, 5.74) is 0. The van der Waals surface area contributed by atoms with Gasteiger partial charge in [0.15, 0.2) is 0 Å². The molecule has 1 aliphatic heterocycles. The first-order valence-electron chi connectivity index (χ1n) is 6.24. The molecule has 1 fully saturated rings. The first-order valence-corrected chi connectivity index (χ1v) is 7.12. The van der Waals surface area contributed by atoms with Gasteiger partial charge in [-0.25, -0.2) is 0 Å². The molecule has 0 aliphatic carbocycles. The van der Waals surface area contributed by atoms with Crippen molar-refractivity contribution in [1.82, 2.24) is 10.2 Å². The minimum Gasteiger partial charge on any atom is -0.313 e. The second-order valence-electron chi connectivity index (χ2n) is 4.78. The summed E-state index contributed by atoms with van der Waals surface area (Å²) >= 11 is 1.86. The molecule has 90 valence electrons. The average Bonchev–Trinajstić information content (AvgIpc) is 2.83. The second kappa shape index (κ2) is 5.80. The fourth-order valence-corrected chi connectivity index (χ4v) is 3.18. The van der Waals surface area contributed by atoms with Crippen LogP contribution in [0.25, 0.3) is 0 Å². The number of thiophene rings is 1. The third-order valence-electron chi connectivity index (χ3n) is 3.54. The van der Waals surface area contributed by atoms with Crippen molar-refractivity contribution in [2.45, 2.75) is 38.3 Å². The molecular weight excluding hydrogens is 216 g/mol. The van der Waals surface area contributed by atoms with Gasteiger partial charge in [-0.3, -0.25) is 4.90 Å². The second-order valence-corrected chi connectivity index (χ2v) is 5.76. The molecule has 1 N–H and O–H groups in total. The van der Waals surface area contributed by atoms with E-state index in [1.165, 1.54) is 37.2 Å². The summed E-state index contributed by atoms with van der Waals surface area (Å²) < 4.78 is 0. The Bertz CT molecular complexity index is 291. The standard InChI is InChI=1S/C13H22N2S/c1-11(13-7-5-9-16-13)15(2)10-12-6-3-4-8-14-12/h5,7,9,11-12,14H,3-4,6,8,10H2,1-2H3. The smallest absolute Gasteiger partial charge is 0.0410 e. The van der Waals surface area contributed by atoms with Crippen LogP contribution in [0.1, 0.15) is 37.1 Å². The lowest BCUT2D eigenvalue weighted by Gasteiger charge is -2.31. The molecule has 0 spiro atoms. The SMILES string of the molecule is CC(c1cccs1)N(C)CC1CCCCN1. The monoisotopic (exact) mass is 238 g/mol. The predicted octanol–water partition coefficient (Wildman–Crippen LogP) is 2.88. The molecule has 3 heteroatoms. The molecule has 2 unspecified atom stereocenters. The zero-order valence-electron chi connectivity index (χ0n) is 10.3. The Labute approximate surface area is 103 Å². The summed E-state index contributed by atoms with van der Waals surface area (Å²) in [5, 5.41) is 5.78. The van der Waals surface area contributed by atoms with E-state index >= 15 is 0 Å². The molecule has 0 radical (unpaired) electrons. The lowest BCUT2D eigenvalue weighted by atomic mass is 10.0. The minimum absolute atomic E-state index is 0.545. The van der Waals surface area contributed by atoms with Gasteiger partial charge < -0.3 is 5.32 Å². The largest absolute Gasteiger partial charge is 0.313 e. The molecule has 2 atom stereocenters. The average molecular weight is 238 g/mol. The van der Waals surface area contributed by atoms with E-state index in [0.29, 0.717) is 12.1 Å². The Morgan fingerprint density at radius 2 is 2.44 bits per heavy atom. The zero-order chi connectivity index (χ0) is 11.4. The van der Waals surface area contributed by atoms with E-state index < -0.39 is 0 Å². The number of nitrogens with zero attached hydrogens (tertiary/aromatic N) is 1. The fourth-order valence-electron chi connectivity index (χ4n) is 2.33. The highest BCUT2D eigenvalue weighted by Crippen LogP contribution is 2.24. The maximum atomic E-state index is 3.61. The Morgan fingerprint density at radius 1 is 1.56 bits per heavy atom. The normalized spacial score (nSPS) is 23.6. The van der Waals surface area contributed by atoms with Crippen LogP contribution >= 0.6 is 11.3 Å². The number of likely N-dealkylation sites (N-methyl/N-ethyl adjacent to an activating group) is 1. The summed E-state index contributed by atoms with van der Waals surface area (Å²) in [6.45, 7) is 4.67. The summed E-state index contributed by atoms with van der Waals surface area (Å²) in [4.78, 5) is 3.94. The summed E-state index contributed by atoms with van der Waals surface area (Å²) in [6, 6.07) is 5.62. The van der Waals surface area contributed by atoms with Gasteiger partial charge in [0, 0.05) is 23.5 Å². The van der Waals surface area contributed by atoms with Gasteiger partial charge in [0.2, 0.25) is 0 Å². The van der Waals surface area contributed by atoms with Crippen molar-refractivity contribution >= 4 is 11.3 Å². The van der Waals surface area contributed by atoms with E-state index in [2.05, 4.69) is 41.7 Å². The van der Waals surface area contributed by atoms with Crippen molar-refractivity contribution in [2.75, 3.05) is 20.1 Å². The first-order chi connectivity index (χ1) is 7.77. The van der Waals surface area contributed by atoms with Crippen molar-refractivity contribution in [3.05, 3.63) is 22.4 Å².